The van der Waals surface area contributed by atoms with Crippen LogP contribution in [0.15, 0.2) is 24.3 Å². The zero-order valence-corrected chi connectivity index (χ0v) is 16.6. The summed E-state index contributed by atoms with van der Waals surface area (Å²) in [5.41, 5.74) is 0.900. The molecule has 1 saturated heterocycles. The summed E-state index contributed by atoms with van der Waals surface area (Å²) in [6.45, 7) is 7.16. The van der Waals surface area contributed by atoms with Gasteiger partial charge in [0.05, 0.1) is 28.1 Å². The third-order valence-corrected chi connectivity index (χ3v) is 5.86. The maximum atomic E-state index is 11.0. The van der Waals surface area contributed by atoms with Crippen LogP contribution >= 0.6 is 11.3 Å². The average Bonchev–Trinajstić information content (AvgIpc) is 3.13. The number of aromatic hydroxyl groups is 1. The van der Waals surface area contributed by atoms with Gasteiger partial charge < -0.3 is 9.84 Å². The first-order chi connectivity index (χ1) is 13.3. The molecule has 2 aromatic heterocycles. The standard InChI is InChI=1S/C18H21N5O4S/c1-10-8-21(9-11(2)27-10)15(13-4-6-14(7-5-13)23(25)26)16-17(24)22-18(28-16)19-12(3)20-22/h4-7,10-11,15,24H,8-9H2,1-3H3. The van der Waals surface area contributed by atoms with E-state index in [0.29, 0.717) is 28.8 Å². The second kappa shape index (κ2) is 7.12. The SMILES string of the molecule is Cc1nc2sc(C(c3ccc([N+](=O)[O-])cc3)N3CC(C)OC(C)C3)c(O)n2n1. The number of morpholine rings is 1. The first-order valence-electron chi connectivity index (χ1n) is 9.02. The van der Waals surface area contributed by atoms with Crippen LogP contribution in [0.4, 0.5) is 5.69 Å². The van der Waals surface area contributed by atoms with Crippen molar-refractivity contribution in [3.8, 4) is 5.88 Å². The number of nitro benzene ring substituents is 1. The molecule has 1 aliphatic heterocycles. The number of thiazole rings is 1. The fraction of sp³-hybridized carbons (Fsp3) is 0.444. The van der Waals surface area contributed by atoms with E-state index in [0.717, 1.165) is 5.56 Å². The third-order valence-electron chi connectivity index (χ3n) is 4.79. The molecule has 3 aromatic rings. The Morgan fingerprint density at radius 1 is 1.29 bits per heavy atom. The quantitative estimate of drug-likeness (QED) is 0.527. The molecule has 1 fully saturated rings. The van der Waals surface area contributed by atoms with E-state index in [2.05, 4.69) is 15.0 Å². The number of non-ortho nitro benzene ring substituents is 1. The zero-order chi connectivity index (χ0) is 20.0. The monoisotopic (exact) mass is 403 g/mol. The van der Waals surface area contributed by atoms with Crippen LogP contribution in [-0.2, 0) is 4.74 Å². The van der Waals surface area contributed by atoms with E-state index in [1.807, 2.05) is 13.8 Å². The predicted octanol–water partition coefficient (Wildman–Crippen LogP) is 2.91. The molecule has 1 aromatic carbocycles. The predicted molar refractivity (Wildman–Crippen MR) is 104 cm³/mol. The molecule has 10 heteroatoms. The lowest BCUT2D eigenvalue weighted by Crippen LogP contribution is -2.47. The minimum Gasteiger partial charge on any atom is -0.492 e. The van der Waals surface area contributed by atoms with E-state index in [1.165, 1.54) is 28.0 Å². The molecule has 0 spiro atoms. The van der Waals surface area contributed by atoms with Gasteiger partial charge in [0, 0.05) is 25.2 Å². The molecule has 0 amide bonds. The highest BCUT2D eigenvalue weighted by Crippen LogP contribution is 2.41. The molecular weight excluding hydrogens is 382 g/mol. The van der Waals surface area contributed by atoms with Crippen LogP contribution in [0.1, 0.15) is 36.2 Å². The van der Waals surface area contributed by atoms with Gasteiger partial charge in [-0.15, -0.1) is 5.10 Å². The number of benzene rings is 1. The summed E-state index contributed by atoms with van der Waals surface area (Å²) >= 11 is 1.38. The van der Waals surface area contributed by atoms with E-state index in [9.17, 15) is 15.2 Å². The normalized spacial score (nSPS) is 21.8. The van der Waals surface area contributed by atoms with Crippen molar-refractivity contribution >= 4 is 22.0 Å². The highest BCUT2D eigenvalue weighted by atomic mass is 32.1. The zero-order valence-electron chi connectivity index (χ0n) is 15.8. The Bertz CT molecular complexity index is 1010. The van der Waals surface area contributed by atoms with Crippen molar-refractivity contribution in [2.75, 3.05) is 13.1 Å². The van der Waals surface area contributed by atoms with Crippen molar-refractivity contribution in [2.24, 2.45) is 0 Å². The van der Waals surface area contributed by atoms with Crippen LogP contribution < -0.4 is 0 Å². The number of aromatic nitrogens is 3. The van der Waals surface area contributed by atoms with Gasteiger partial charge in [0.25, 0.3) is 5.69 Å². The molecule has 3 unspecified atom stereocenters. The van der Waals surface area contributed by atoms with Crippen LogP contribution in [0.3, 0.4) is 0 Å². The Labute approximate surface area is 165 Å². The Kier molecular flexibility index (Phi) is 4.77. The van der Waals surface area contributed by atoms with E-state index in [1.54, 1.807) is 19.1 Å². The number of ether oxygens (including phenoxy) is 1. The number of nitro groups is 1. The van der Waals surface area contributed by atoms with Gasteiger partial charge >= 0.3 is 0 Å². The number of nitrogens with zero attached hydrogens (tertiary/aromatic N) is 5. The highest BCUT2D eigenvalue weighted by molar-refractivity contribution is 7.17. The number of rotatable bonds is 4. The maximum absolute atomic E-state index is 11.0. The van der Waals surface area contributed by atoms with Gasteiger partial charge in [0.2, 0.25) is 10.8 Å². The van der Waals surface area contributed by atoms with E-state index >= 15 is 0 Å². The first kappa shape index (κ1) is 18.8. The fourth-order valence-corrected chi connectivity index (χ4v) is 4.92. The van der Waals surface area contributed by atoms with Crippen molar-refractivity contribution in [1.82, 2.24) is 19.5 Å². The Morgan fingerprint density at radius 2 is 1.93 bits per heavy atom. The highest BCUT2D eigenvalue weighted by Gasteiger charge is 2.34. The Morgan fingerprint density at radius 3 is 2.50 bits per heavy atom. The molecule has 148 valence electrons. The molecule has 1 aliphatic rings. The van der Waals surface area contributed by atoms with Crippen LogP contribution in [0, 0.1) is 17.0 Å². The summed E-state index contributed by atoms with van der Waals surface area (Å²) in [5, 5.41) is 26.1. The maximum Gasteiger partial charge on any atom is 0.269 e. The molecule has 4 rings (SSSR count). The van der Waals surface area contributed by atoms with Crippen molar-refractivity contribution in [1.29, 1.82) is 0 Å². The molecule has 0 aliphatic carbocycles. The topological polar surface area (TPSA) is 106 Å². The molecule has 3 heterocycles. The summed E-state index contributed by atoms with van der Waals surface area (Å²) in [6, 6.07) is 6.20. The first-order valence-corrected chi connectivity index (χ1v) is 9.84. The summed E-state index contributed by atoms with van der Waals surface area (Å²) in [4.78, 5) is 18.5. The van der Waals surface area contributed by atoms with Crippen LogP contribution in [0.5, 0.6) is 5.88 Å². The number of fused-ring (bicyclic) bond motifs is 1. The summed E-state index contributed by atoms with van der Waals surface area (Å²) < 4.78 is 7.30. The van der Waals surface area contributed by atoms with E-state index < -0.39 is 4.92 Å². The molecule has 28 heavy (non-hydrogen) atoms. The lowest BCUT2D eigenvalue weighted by Gasteiger charge is -2.40. The summed E-state index contributed by atoms with van der Waals surface area (Å²) in [7, 11) is 0. The third kappa shape index (κ3) is 3.34. The Hall–Kier alpha value is -2.56. The van der Waals surface area contributed by atoms with Gasteiger partial charge in [-0.05, 0) is 26.3 Å². The van der Waals surface area contributed by atoms with Gasteiger partial charge in [0.1, 0.15) is 5.82 Å². The molecule has 0 radical (unpaired) electrons. The second-order valence-electron chi connectivity index (χ2n) is 7.11. The van der Waals surface area contributed by atoms with E-state index in [4.69, 9.17) is 4.74 Å². The molecule has 1 N–H and O–H groups in total. The lowest BCUT2D eigenvalue weighted by molar-refractivity contribution is -0.384. The van der Waals surface area contributed by atoms with Crippen LogP contribution in [0.2, 0.25) is 0 Å². The van der Waals surface area contributed by atoms with E-state index in [-0.39, 0.29) is 29.8 Å². The molecule has 0 bridgehead atoms. The van der Waals surface area contributed by atoms with Crippen LogP contribution in [0.25, 0.3) is 4.96 Å². The van der Waals surface area contributed by atoms with Crippen molar-refractivity contribution in [3.63, 3.8) is 0 Å². The van der Waals surface area contributed by atoms with Crippen molar-refractivity contribution in [2.45, 2.75) is 39.0 Å². The van der Waals surface area contributed by atoms with Gasteiger partial charge in [0.15, 0.2) is 0 Å². The molecule has 9 nitrogen and oxygen atoms in total. The average molecular weight is 403 g/mol. The number of aryl methyl sites for hydroxylation is 1. The van der Waals surface area contributed by atoms with Crippen molar-refractivity contribution in [3.05, 3.63) is 50.6 Å². The minimum absolute atomic E-state index is 0.0358. The number of hydrogen-bond acceptors (Lipinski definition) is 8. The van der Waals surface area contributed by atoms with Gasteiger partial charge in [-0.25, -0.2) is 4.98 Å². The Balaban J connectivity index is 1.81. The largest absolute Gasteiger partial charge is 0.492 e. The van der Waals surface area contributed by atoms with Crippen molar-refractivity contribution < 1.29 is 14.8 Å². The van der Waals surface area contributed by atoms with Crippen LogP contribution in [-0.4, -0.2) is 54.8 Å². The minimum atomic E-state index is -0.416. The second-order valence-corrected chi connectivity index (χ2v) is 8.11. The van der Waals surface area contributed by atoms with Gasteiger partial charge in [-0.1, -0.05) is 23.5 Å². The molecular formula is C18H21N5O4S. The van der Waals surface area contributed by atoms with Gasteiger partial charge in [-0.3, -0.25) is 15.0 Å². The molecule has 3 atom stereocenters. The number of hydrogen-bond donors (Lipinski definition) is 1. The van der Waals surface area contributed by atoms with Gasteiger partial charge in [-0.2, -0.15) is 4.52 Å². The summed E-state index contributed by atoms with van der Waals surface area (Å²) in [5.74, 6) is 0.643. The summed E-state index contributed by atoms with van der Waals surface area (Å²) in [6.07, 6.45) is 0.0757. The smallest absolute Gasteiger partial charge is 0.269 e. The fourth-order valence-electron chi connectivity index (χ4n) is 3.76. The lowest BCUT2D eigenvalue weighted by atomic mass is 10.0. The molecule has 0 saturated carbocycles.